The van der Waals surface area contributed by atoms with Crippen molar-refractivity contribution in [3.8, 4) is 0 Å². The number of hydrogen-bond donors (Lipinski definition) is 1. The first-order valence-corrected chi connectivity index (χ1v) is 6.07. The average molecular weight is 232 g/mol. The zero-order chi connectivity index (χ0) is 11.6. The van der Waals surface area contributed by atoms with Crippen molar-refractivity contribution in [2.24, 2.45) is 0 Å². The van der Waals surface area contributed by atoms with Gasteiger partial charge in [-0.2, -0.15) is 8.42 Å². The van der Waals surface area contributed by atoms with E-state index in [2.05, 4.69) is 0 Å². The molecule has 0 aliphatic heterocycles. The highest BCUT2D eigenvalue weighted by molar-refractivity contribution is 7.85. The monoisotopic (exact) mass is 232 g/mol. The van der Waals surface area contributed by atoms with Crippen LogP contribution in [-0.4, -0.2) is 13.0 Å². The highest BCUT2D eigenvalue weighted by Crippen LogP contribution is 2.23. The van der Waals surface area contributed by atoms with Gasteiger partial charge in [0.15, 0.2) is 0 Å². The van der Waals surface area contributed by atoms with E-state index in [1.54, 1.807) is 0 Å². The second kappa shape index (κ2) is 4.28. The summed E-state index contributed by atoms with van der Waals surface area (Å²) in [4.78, 5) is -0.672. The van der Waals surface area contributed by atoms with Crippen LogP contribution < -0.4 is 0 Å². The molecule has 0 saturated heterocycles. The number of rotatable bonds is 3. The first-order valence-electron chi connectivity index (χ1n) is 4.63. The van der Waals surface area contributed by atoms with Crippen molar-refractivity contribution in [1.29, 1.82) is 0 Å². The minimum absolute atomic E-state index is 0.162. The molecule has 1 aromatic rings. The van der Waals surface area contributed by atoms with Gasteiger partial charge >= 0.3 is 0 Å². The third-order valence-corrected chi connectivity index (χ3v) is 3.30. The number of halogens is 1. The fourth-order valence-corrected chi connectivity index (χ4v) is 1.81. The third kappa shape index (κ3) is 2.76. The quantitative estimate of drug-likeness (QED) is 0.815. The maximum Gasteiger partial charge on any atom is 0.297 e. The van der Waals surface area contributed by atoms with Gasteiger partial charge in [-0.05, 0) is 30.0 Å². The Morgan fingerprint density at radius 2 is 2.07 bits per heavy atom. The summed E-state index contributed by atoms with van der Waals surface area (Å²) in [5, 5.41) is 0. The van der Waals surface area contributed by atoms with Crippen LogP contribution in [0.3, 0.4) is 0 Å². The first kappa shape index (κ1) is 12.1. The summed E-state index contributed by atoms with van der Waals surface area (Å²) >= 11 is 0. The van der Waals surface area contributed by atoms with Crippen LogP contribution in [0.1, 0.15) is 31.7 Å². The molecule has 0 aliphatic carbocycles. The molecule has 0 fully saturated rings. The number of hydrogen-bond acceptors (Lipinski definition) is 2. The molecule has 0 aliphatic rings. The first-order chi connectivity index (χ1) is 6.86. The fraction of sp³-hybridized carbons (Fsp3) is 0.400. The van der Waals surface area contributed by atoms with E-state index < -0.39 is 20.8 Å². The van der Waals surface area contributed by atoms with E-state index in [0.29, 0.717) is 0 Å². The van der Waals surface area contributed by atoms with Crippen molar-refractivity contribution < 1.29 is 17.4 Å². The molecule has 84 valence electrons. The highest BCUT2D eigenvalue weighted by Gasteiger charge is 2.16. The lowest BCUT2D eigenvalue weighted by Crippen LogP contribution is -2.03. The van der Waals surface area contributed by atoms with Gasteiger partial charge in [0.2, 0.25) is 0 Å². The van der Waals surface area contributed by atoms with Gasteiger partial charge in [0.25, 0.3) is 10.1 Å². The van der Waals surface area contributed by atoms with E-state index in [9.17, 15) is 12.8 Å². The topological polar surface area (TPSA) is 54.4 Å². The van der Waals surface area contributed by atoms with Gasteiger partial charge in [0.1, 0.15) is 10.7 Å². The van der Waals surface area contributed by atoms with Crippen LogP contribution in [0.15, 0.2) is 23.1 Å². The van der Waals surface area contributed by atoms with Crippen LogP contribution in [0.5, 0.6) is 0 Å². The lowest BCUT2D eigenvalue weighted by molar-refractivity contribution is 0.473. The third-order valence-electron chi connectivity index (χ3n) is 2.42. The molecule has 1 N–H and O–H groups in total. The summed E-state index contributed by atoms with van der Waals surface area (Å²) in [5.74, 6) is -0.745. The SMILES string of the molecule is CCC(C)c1ccc(S(=O)(=O)O)c(F)c1. The number of benzene rings is 1. The Morgan fingerprint density at radius 3 is 2.47 bits per heavy atom. The van der Waals surface area contributed by atoms with Crippen LogP contribution in [0.4, 0.5) is 4.39 Å². The minimum atomic E-state index is -4.46. The minimum Gasteiger partial charge on any atom is -0.282 e. The largest absolute Gasteiger partial charge is 0.297 e. The van der Waals surface area contributed by atoms with Gasteiger partial charge in [-0.15, -0.1) is 0 Å². The van der Waals surface area contributed by atoms with Gasteiger partial charge < -0.3 is 0 Å². The summed E-state index contributed by atoms with van der Waals surface area (Å²) < 4.78 is 43.4. The normalized spacial score (nSPS) is 13.9. The standard InChI is InChI=1S/C10H13FO3S/c1-3-7(2)8-4-5-10(9(11)6-8)15(12,13)14/h4-7H,3H2,1-2H3,(H,12,13,14). The van der Waals surface area contributed by atoms with E-state index in [1.165, 1.54) is 6.07 Å². The summed E-state index contributed by atoms with van der Waals surface area (Å²) in [6, 6.07) is 3.75. The molecule has 15 heavy (non-hydrogen) atoms. The summed E-state index contributed by atoms with van der Waals surface area (Å²) in [5.41, 5.74) is 0.724. The van der Waals surface area contributed by atoms with Gasteiger partial charge in [0, 0.05) is 0 Å². The Balaban J connectivity index is 3.21. The maximum atomic E-state index is 13.3. The molecule has 1 unspecified atom stereocenters. The Labute approximate surface area is 88.7 Å². The summed E-state index contributed by atoms with van der Waals surface area (Å²) in [6.45, 7) is 3.88. The molecule has 1 rings (SSSR count). The van der Waals surface area contributed by atoms with Crippen molar-refractivity contribution in [3.63, 3.8) is 0 Å². The molecule has 0 heterocycles. The predicted molar refractivity (Wildman–Crippen MR) is 54.9 cm³/mol. The molecule has 0 radical (unpaired) electrons. The Morgan fingerprint density at radius 1 is 1.47 bits per heavy atom. The zero-order valence-corrected chi connectivity index (χ0v) is 9.38. The average Bonchev–Trinajstić information content (AvgIpc) is 2.14. The van der Waals surface area contributed by atoms with E-state index in [1.807, 2.05) is 13.8 Å². The van der Waals surface area contributed by atoms with Gasteiger partial charge in [-0.3, -0.25) is 4.55 Å². The molecule has 3 nitrogen and oxygen atoms in total. The lowest BCUT2D eigenvalue weighted by Gasteiger charge is -2.09. The summed E-state index contributed by atoms with van der Waals surface area (Å²) in [7, 11) is -4.46. The van der Waals surface area contributed by atoms with Crippen LogP contribution in [0.2, 0.25) is 0 Å². The van der Waals surface area contributed by atoms with Gasteiger partial charge in [-0.1, -0.05) is 19.9 Å². The van der Waals surface area contributed by atoms with Crippen LogP contribution in [0, 0.1) is 5.82 Å². The van der Waals surface area contributed by atoms with Crippen LogP contribution >= 0.6 is 0 Å². The molecule has 0 bridgehead atoms. The van der Waals surface area contributed by atoms with Crippen LogP contribution in [-0.2, 0) is 10.1 Å². The predicted octanol–water partition coefficient (Wildman–Crippen LogP) is 2.59. The Hall–Kier alpha value is -0.940. The fourth-order valence-electron chi connectivity index (χ4n) is 1.27. The molecule has 1 aromatic carbocycles. The molecule has 0 saturated carbocycles. The smallest absolute Gasteiger partial charge is 0.282 e. The van der Waals surface area contributed by atoms with Crippen molar-refractivity contribution in [1.82, 2.24) is 0 Å². The maximum absolute atomic E-state index is 13.3. The van der Waals surface area contributed by atoms with Gasteiger partial charge in [0.05, 0.1) is 0 Å². The van der Waals surface area contributed by atoms with Crippen molar-refractivity contribution in [3.05, 3.63) is 29.6 Å². The molecule has 1 atom stereocenters. The molecular weight excluding hydrogens is 219 g/mol. The van der Waals surface area contributed by atoms with Crippen LogP contribution in [0.25, 0.3) is 0 Å². The Bertz CT molecular complexity index is 454. The molecule has 5 heteroatoms. The van der Waals surface area contributed by atoms with E-state index in [-0.39, 0.29) is 5.92 Å². The molecule has 0 aromatic heterocycles. The molecule has 0 spiro atoms. The second-order valence-electron chi connectivity index (χ2n) is 3.47. The zero-order valence-electron chi connectivity index (χ0n) is 8.57. The van der Waals surface area contributed by atoms with E-state index >= 15 is 0 Å². The van der Waals surface area contributed by atoms with E-state index in [4.69, 9.17) is 4.55 Å². The summed E-state index contributed by atoms with van der Waals surface area (Å²) in [6.07, 6.45) is 0.838. The van der Waals surface area contributed by atoms with Crippen molar-refractivity contribution in [2.45, 2.75) is 31.1 Å². The van der Waals surface area contributed by atoms with E-state index in [0.717, 1.165) is 24.1 Å². The van der Waals surface area contributed by atoms with Crippen molar-refractivity contribution >= 4 is 10.1 Å². The Kier molecular flexibility index (Phi) is 3.46. The molecular formula is C10H13FO3S. The van der Waals surface area contributed by atoms with Crippen molar-refractivity contribution in [2.75, 3.05) is 0 Å². The highest BCUT2D eigenvalue weighted by atomic mass is 32.2. The van der Waals surface area contributed by atoms with Gasteiger partial charge in [-0.25, -0.2) is 4.39 Å². The lowest BCUT2D eigenvalue weighted by atomic mass is 9.99. The second-order valence-corrected chi connectivity index (χ2v) is 4.86. The molecule has 0 amide bonds.